The van der Waals surface area contributed by atoms with Crippen LogP contribution in [0.15, 0.2) is 48.7 Å². The van der Waals surface area contributed by atoms with E-state index in [-0.39, 0.29) is 24.5 Å². The minimum Gasteiger partial charge on any atom is -0.481 e. The Bertz CT molecular complexity index is 1770. The number of rotatable bonds is 14. The van der Waals surface area contributed by atoms with E-state index in [1.807, 2.05) is 24.3 Å². The lowest BCUT2D eigenvalue weighted by atomic mass is 9.98. The average Bonchev–Trinajstić information content (AvgIpc) is 3.47. The van der Waals surface area contributed by atoms with Crippen LogP contribution in [0, 0.1) is 0 Å². The van der Waals surface area contributed by atoms with Gasteiger partial charge >= 0.3 is 6.18 Å². The van der Waals surface area contributed by atoms with Gasteiger partial charge in [0.25, 0.3) is 0 Å². The lowest BCUT2D eigenvalue weighted by Gasteiger charge is -2.21. The number of aromatic nitrogens is 3. The second kappa shape index (κ2) is 15.7. The van der Waals surface area contributed by atoms with Gasteiger partial charge in [0.2, 0.25) is 17.6 Å². The molecule has 0 amide bonds. The highest BCUT2D eigenvalue weighted by molar-refractivity contribution is 6.35. The summed E-state index contributed by atoms with van der Waals surface area (Å²) in [5.74, 6) is -0.164. The van der Waals surface area contributed by atoms with Gasteiger partial charge in [0.05, 0.1) is 42.8 Å². The molecule has 3 heterocycles. The van der Waals surface area contributed by atoms with E-state index in [1.165, 1.54) is 14.2 Å². The summed E-state index contributed by atoms with van der Waals surface area (Å²) in [5, 5.41) is 25.5. The molecule has 0 spiro atoms. The summed E-state index contributed by atoms with van der Waals surface area (Å²) in [6.45, 7) is 4.34. The number of aliphatic hydroxyl groups excluding tert-OH is 2. The molecule has 0 saturated heterocycles. The molecule has 0 fully saturated rings. The number of ether oxygens (including phenoxy) is 3. The number of fused-ring (bicyclic) bond motifs is 1. The summed E-state index contributed by atoms with van der Waals surface area (Å²) in [6, 6.07) is 11.9. The molecule has 49 heavy (non-hydrogen) atoms. The number of hydrogen-bond acceptors (Lipinski definition) is 10. The first kappa shape index (κ1) is 36.3. The van der Waals surface area contributed by atoms with Crippen molar-refractivity contribution in [2.45, 2.75) is 64.3 Å². The molecule has 3 aromatic heterocycles. The maximum absolute atomic E-state index is 14.3. The Kier molecular flexibility index (Phi) is 11.6. The fourth-order valence-electron chi connectivity index (χ4n) is 5.80. The van der Waals surface area contributed by atoms with Crippen LogP contribution in [0.25, 0.3) is 22.5 Å². The third kappa shape index (κ3) is 8.42. The highest BCUT2D eigenvalue weighted by Gasteiger charge is 2.38. The first-order chi connectivity index (χ1) is 23.4. The topological polar surface area (TPSA) is 131 Å². The summed E-state index contributed by atoms with van der Waals surface area (Å²) in [6.07, 6.45) is -4.06. The standard InChI is InChI=1S/C35H39ClF3N5O5/c1-19(45)15-40-17-21-8-10-28(43-32(21)47-3)26-12-13-42-31(30(26)36)25-7-5-6-24-23(25)9-11-29(24)49-34-27(35(37,38)39)14-22(33(44-34)48-4)18-41-16-20(2)46/h5-8,10,12-14,19-20,29,40-41,45-46H,9,11,15-18H2,1-4H3/t19-,20-,29+/m1/s1. The maximum atomic E-state index is 14.3. The monoisotopic (exact) mass is 701 g/mol. The zero-order chi connectivity index (χ0) is 35.3. The lowest BCUT2D eigenvalue weighted by molar-refractivity contribution is -0.139. The third-order valence-electron chi connectivity index (χ3n) is 8.06. The molecule has 262 valence electrons. The summed E-state index contributed by atoms with van der Waals surface area (Å²) >= 11 is 6.99. The molecule has 0 bridgehead atoms. The number of hydrogen-bond donors (Lipinski definition) is 4. The fraction of sp³-hybridized carbons (Fsp3) is 0.400. The van der Waals surface area contributed by atoms with Crippen LogP contribution in [0.2, 0.25) is 5.02 Å². The van der Waals surface area contributed by atoms with E-state index in [2.05, 4.69) is 25.6 Å². The molecule has 14 heteroatoms. The van der Waals surface area contributed by atoms with Crippen molar-refractivity contribution >= 4 is 11.6 Å². The van der Waals surface area contributed by atoms with Crippen LogP contribution in [-0.4, -0.2) is 64.7 Å². The van der Waals surface area contributed by atoms with Crippen molar-refractivity contribution in [3.63, 3.8) is 0 Å². The summed E-state index contributed by atoms with van der Waals surface area (Å²) in [7, 11) is 2.86. The molecule has 4 N–H and O–H groups in total. The van der Waals surface area contributed by atoms with E-state index in [9.17, 15) is 23.4 Å². The SMILES string of the molecule is COc1nc(-c2ccnc(-c3cccc4c3CC[C@@H]4Oc3nc(OC)c(CNC[C@@H](C)O)cc3C(F)(F)F)c2Cl)ccc1CNC[C@@H](C)O. The molecule has 1 aliphatic carbocycles. The Morgan fingerprint density at radius 2 is 1.57 bits per heavy atom. The molecule has 1 aliphatic rings. The second-order valence-electron chi connectivity index (χ2n) is 11.9. The molecule has 0 unspecified atom stereocenters. The van der Waals surface area contributed by atoms with E-state index >= 15 is 0 Å². The summed E-state index contributed by atoms with van der Waals surface area (Å²) in [4.78, 5) is 13.4. The van der Waals surface area contributed by atoms with Crippen LogP contribution >= 0.6 is 11.6 Å². The van der Waals surface area contributed by atoms with Crippen LogP contribution in [0.3, 0.4) is 0 Å². The van der Waals surface area contributed by atoms with Crippen molar-refractivity contribution in [1.82, 2.24) is 25.6 Å². The number of benzene rings is 1. The Balaban J connectivity index is 1.45. The number of aliphatic hydroxyl groups is 2. The van der Waals surface area contributed by atoms with Gasteiger partial charge in [-0.05, 0) is 56.0 Å². The van der Waals surface area contributed by atoms with Crippen molar-refractivity contribution in [2.24, 2.45) is 0 Å². The molecular weight excluding hydrogens is 663 g/mol. The highest BCUT2D eigenvalue weighted by Crippen LogP contribution is 2.45. The Morgan fingerprint density at radius 1 is 0.898 bits per heavy atom. The highest BCUT2D eigenvalue weighted by atomic mass is 35.5. The zero-order valence-electron chi connectivity index (χ0n) is 27.6. The normalized spacial score (nSPS) is 15.5. The van der Waals surface area contributed by atoms with E-state index in [1.54, 1.807) is 32.2 Å². The smallest absolute Gasteiger partial charge is 0.421 e. The largest absolute Gasteiger partial charge is 0.481 e. The molecule has 0 aliphatic heterocycles. The van der Waals surface area contributed by atoms with Gasteiger partial charge < -0.3 is 35.1 Å². The molecular formula is C35H39ClF3N5O5. The van der Waals surface area contributed by atoms with Gasteiger partial charge in [-0.15, -0.1) is 0 Å². The van der Waals surface area contributed by atoms with Crippen LogP contribution in [0.5, 0.6) is 17.6 Å². The zero-order valence-corrected chi connectivity index (χ0v) is 28.3. The lowest BCUT2D eigenvalue weighted by Crippen LogP contribution is -2.24. The van der Waals surface area contributed by atoms with Crippen molar-refractivity contribution in [3.8, 4) is 40.2 Å². The number of alkyl halides is 3. The molecule has 0 saturated carbocycles. The molecule has 10 nitrogen and oxygen atoms in total. The summed E-state index contributed by atoms with van der Waals surface area (Å²) < 4.78 is 59.7. The molecule has 5 rings (SSSR count). The number of halogens is 4. The van der Waals surface area contributed by atoms with Crippen LogP contribution < -0.4 is 24.8 Å². The molecule has 0 radical (unpaired) electrons. The van der Waals surface area contributed by atoms with E-state index < -0.39 is 35.9 Å². The van der Waals surface area contributed by atoms with Gasteiger partial charge in [0.1, 0.15) is 11.7 Å². The van der Waals surface area contributed by atoms with Gasteiger partial charge in [0.15, 0.2) is 0 Å². The van der Waals surface area contributed by atoms with Crippen molar-refractivity contribution in [1.29, 1.82) is 0 Å². The fourth-order valence-corrected chi connectivity index (χ4v) is 6.12. The van der Waals surface area contributed by atoms with E-state index in [0.29, 0.717) is 59.3 Å². The van der Waals surface area contributed by atoms with Crippen LogP contribution in [0.1, 0.15) is 54.2 Å². The van der Waals surface area contributed by atoms with Crippen LogP contribution in [-0.2, 0) is 25.7 Å². The van der Waals surface area contributed by atoms with Crippen molar-refractivity contribution < 1.29 is 37.6 Å². The third-order valence-corrected chi connectivity index (χ3v) is 8.44. The van der Waals surface area contributed by atoms with Crippen molar-refractivity contribution in [3.05, 3.63) is 81.5 Å². The number of nitrogens with one attached hydrogen (secondary N) is 2. The second-order valence-corrected chi connectivity index (χ2v) is 12.2. The minimum atomic E-state index is -4.74. The Hall–Kier alpha value is -4.01. The minimum absolute atomic E-state index is 0.00449. The molecule has 4 aromatic rings. The van der Waals surface area contributed by atoms with Crippen LogP contribution in [0.4, 0.5) is 13.2 Å². The maximum Gasteiger partial charge on any atom is 0.421 e. The molecule has 3 atom stereocenters. The Morgan fingerprint density at radius 3 is 2.22 bits per heavy atom. The van der Waals surface area contributed by atoms with Gasteiger partial charge in [-0.3, -0.25) is 4.98 Å². The van der Waals surface area contributed by atoms with Gasteiger partial charge in [-0.25, -0.2) is 4.98 Å². The number of pyridine rings is 3. The number of nitrogens with zero attached hydrogens (tertiary/aromatic N) is 3. The van der Waals surface area contributed by atoms with Gasteiger partial charge in [0, 0.05) is 54.6 Å². The molecule has 1 aromatic carbocycles. The van der Waals surface area contributed by atoms with Crippen molar-refractivity contribution in [2.75, 3.05) is 27.3 Å². The predicted molar refractivity (Wildman–Crippen MR) is 179 cm³/mol. The quantitative estimate of drug-likeness (QED) is 0.126. The average molecular weight is 702 g/mol. The first-order valence-electron chi connectivity index (χ1n) is 15.8. The first-order valence-corrected chi connectivity index (χ1v) is 16.2. The Labute approximate surface area is 287 Å². The van der Waals surface area contributed by atoms with Gasteiger partial charge in [-0.2, -0.15) is 18.2 Å². The van der Waals surface area contributed by atoms with E-state index in [0.717, 1.165) is 22.8 Å². The van der Waals surface area contributed by atoms with Gasteiger partial charge in [-0.1, -0.05) is 35.9 Å². The summed E-state index contributed by atoms with van der Waals surface area (Å²) in [5.41, 5.74) is 4.01. The van der Waals surface area contributed by atoms with E-state index in [4.69, 9.17) is 25.8 Å². The predicted octanol–water partition coefficient (Wildman–Crippen LogP) is 5.90. The number of methoxy groups -OCH3 is 2.